The molecule has 0 saturated heterocycles. The van der Waals surface area contributed by atoms with Crippen LogP contribution in [0, 0.1) is 20.8 Å². The number of amides is 1. The van der Waals surface area contributed by atoms with E-state index in [-0.39, 0.29) is 11.9 Å². The molecule has 152 valence electrons. The van der Waals surface area contributed by atoms with Gasteiger partial charge in [-0.1, -0.05) is 40.9 Å². The van der Waals surface area contributed by atoms with E-state index in [0.717, 1.165) is 11.1 Å². The number of anilines is 1. The molecule has 6 nitrogen and oxygen atoms in total. The highest BCUT2D eigenvalue weighted by Crippen LogP contribution is 2.34. The normalized spacial score (nSPS) is 11.0. The van der Waals surface area contributed by atoms with E-state index in [1.54, 1.807) is 19.1 Å². The fourth-order valence-corrected chi connectivity index (χ4v) is 3.38. The summed E-state index contributed by atoms with van der Waals surface area (Å²) in [4.78, 5) is 17.0. The van der Waals surface area contributed by atoms with Crippen LogP contribution in [0.4, 0.5) is 5.69 Å². The molecule has 2 aromatic carbocycles. The van der Waals surface area contributed by atoms with Crippen LogP contribution in [0.3, 0.4) is 0 Å². The number of rotatable bonds is 5. The zero-order chi connectivity index (χ0) is 21.3. The Bertz CT molecular complexity index is 1080. The van der Waals surface area contributed by atoms with Gasteiger partial charge in [-0.05, 0) is 52.3 Å². The summed E-state index contributed by atoms with van der Waals surface area (Å²) in [5, 5.41) is 7.97. The molecule has 0 aliphatic heterocycles. The molecule has 1 aromatic heterocycles. The number of aryl methyl sites for hydroxylation is 3. The van der Waals surface area contributed by atoms with Crippen molar-refractivity contribution in [3.63, 3.8) is 0 Å². The molecule has 0 bridgehead atoms. The lowest BCUT2D eigenvalue weighted by Gasteiger charge is -2.14. The average Bonchev–Trinajstić information content (AvgIpc) is 3.01. The molecule has 0 spiro atoms. The number of carbonyl (C=O) groups excluding carboxylic acids is 1. The summed E-state index contributed by atoms with van der Waals surface area (Å²) in [5.74, 6) is 0.634. The van der Waals surface area contributed by atoms with Crippen LogP contribution in [0.25, 0.3) is 5.69 Å². The van der Waals surface area contributed by atoms with Gasteiger partial charge in [0.2, 0.25) is 5.82 Å². The van der Waals surface area contributed by atoms with Crippen molar-refractivity contribution in [2.75, 3.05) is 5.32 Å². The minimum absolute atomic E-state index is 0.0415. The zero-order valence-electron chi connectivity index (χ0n) is 16.9. The Morgan fingerprint density at radius 3 is 2.48 bits per heavy atom. The number of ether oxygens (including phenoxy) is 1. The zero-order valence-corrected chi connectivity index (χ0v) is 18.4. The molecule has 0 aliphatic carbocycles. The third-order valence-corrected chi connectivity index (χ3v) is 4.79. The smallest absolute Gasteiger partial charge is 0.295 e. The quantitative estimate of drug-likeness (QED) is 0.574. The largest absolute Gasteiger partial charge is 0.489 e. The SMILES string of the molecule is Cc1ccc(NC(=O)c2nc(C)n(-c3cc(OC(C)C)c(Cl)cc3Cl)n2)c(C)c1. The average molecular weight is 433 g/mol. The summed E-state index contributed by atoms with van der Waals surface area (Å²) in [7, 11) is 0. The van der Waals surface area contributed by atoms with Crippen LogP contribution in [0.15, 0.2) is 30.3 Å². The van der Waals surface area contributed by atoms with E-state index < -0.39 is 5.91 Å². The molecule has 1 amide bonds. The Morgan fingerprint density at radius 1 is 1.10 bits per heavy atom. The van der Waals surface area contributed by atoms with Gasteiger partial charge in [0, 0.05) is 11.8 Å². The molecule has 1 heterocycles. The van der Waals surface area contributed by atoms with Crippen LogP contribution in [0.2, 0.25) is 10.0 Å². The Morgan fingerprint density at radius 2 is 1.83 bits per heavy atom. The highest BCUT2D eigenvalue weighted by molar-refractivity contribution is 6.36. The van der Waals surface area contributed by atoms with Gasteiger partial charge >= 0.3 is 0 Å². The Labute approximate surface area is 179 Å². The molecule has 3 aromatic rings. The van der Waals surface area contributed by atoms with E-state index in [1.165, 1.54) is 4.68 Å². The van der Waals surface area contributed by atoms with Gasteiger partial charge < -0.3 is 10.1 Å². The van der Waals surface area contributed by atoms with Crippen LogP contribution < -0.4 is 10.1 Å². The summed E-state index contributed by atoms with van der Waals surface area (Å²) in [6.45, 7) is 9.48. The van der Waals surface area contributed by atoms with Crippen molar-refractivity contribution in [2.45, 2.75) is 40.7 Å². The third kappa shape index (κ3) is 4.71. The highest BCUT2D eigenvalue weighted by Gasteiger charge is 2.19. The maximum atomic E-state index is 12.7. The Hall–Kier alpha value is -2.57. The first-order valence-electron chi connectivity index (χ1n) is 9.14. The molecule has 29 heavy (non-hydrogen) atoms. The first-order chi connectivity index (χ1) is 13.7. The van der Waals surface area contributed by atoms with Crippen LogP contribution in [0.5, 0.6) is 5.75 Å². The van der Waals surface area contributed by atoms with Crippen molar-refractivity contribution in [3.8, 4) is 11.4 Å². The van der Waals surface area contributed by atoms with Crippen molar-refractivity contribution in [1.29, 1.82) is 0 Å². The number of carbonyl (C=O) groups is 1. The summed E-state index contributed by atoms with van der Waals surface area (Å²) in [6.07, 6.45) is -0.0579. The van der Waals surface area contributed by atoms with Crippen molar-refractivity contribution < 1.29 is 9.53 Å². The molecule has 0 radical (unpaired) electrons. The van der Waals surface area contributed by atoms with Crippen molar-refractivity contribution in [3.05, 3.63) is 63.2 Å². The van der Waals surface area contributed by atoms with Crippen LogP contribution in [0.1, 0.15) is 41.4 Å². The molecule has 0 unspecified atom stereocenters. The van der Waals surface area contributed by atoms with Gasteiger partial charge in [-0.15, -0.1) is 5.10 Å². The van der Waals surface area contributed by atoms with Gasteiger partial charge in [-0.2, -0.15) is 0 Å². The van der Waals surface area contributed by atoms with Gasteiger partial charge in [0.05, 0.1) is 21.8 Å². The van der Waals surface area contributed by atoms with Crippen LogP contribution in [-0.2, 0) is 0 Å². The van der Waals surface area contributed by atoms with Gasteiger partial charge in [0.25, 0.3) is 5.91 Å². The van der Waals surface area contributed by atoms with Gasteiger partial charge in [0.1, 0.15) is 11.6 Å². The molecule has 0 aliphatic rings. The number of nitrogens with zero attached hydrogens (tertiary/aromatic N) is 3. The topological polar surface area (TPSA) is 69.0 Å². The minimum atomic E-state index is -0.400. The second-order valence-electron chi connectivity index (χ2n) is 7.07. The Balaban J connectivity index is 1.93. The fourth-order valence-electron chi connectivity index (χ4n) is 2.87. The van der Waals surface area contributed by atoms with E-state index in [2.05, 4.69) is 15.4 Å². The number of halogens is 2. The molecule has 1 N–H and O–H groups in total. The van der Waals surface area contributed by atoms with Crippen molar-refractivity contribution in [1.82, 2.24) is 14.8 Å². The van der Waals surface area contributed by atoms with E-state index in [1.807, 2.05) is 45.9 Å². The lowest BCUT2D eigenvalue weighted by Crippen LogP contribution is -2.15. The lowest BCUT2D eigenvalue weighted by molar-refractivity contribution is 0.101. The monoisotopic (exact) mass is 432 g/mol. The highest BCUT2D eigenvalue weighted by atomic mass is 35.5. The molecule has 0 fully saturated rings. The third-order valence-electron chi connectivity index (χ3n) is 4.19. The molecule has 0 saturated carbocycles. The molecule has 3 rings (SSSR count). The van der Waals surface area contributed by atoms with Crippen LogP contribution >= 0.6 is 23.2 Å². The second-order valence-corrected chi connectivity index (χ2v) is 7.88. The van der Waals surface area contributed by atoms with Crippen LogP contribution in [-0.4, -0.2) is 26.8 Å². The maximum Gasteiger partial charge on any atom is 0.295 e. The first kappa shape index (κ1) is 21.1. The van der Waals surface area contributed by atoms with Crippen molar-refractivity contribution >= 4 is 34.8 Å². The summed E-state index contributed by atoms with van der Waals surface area (Å²) < 4.78 is 7.23. The Kier molecular flexibility index (Phi) is 6.15. The number of hydrogen-bond acceptors (Lipinski definition) is 4. The predicted octanol–water partition coefficient (Wildman–Crippen LogP) is 5.54. The fraction of sp³-hybridized carbons (Fsp3) is 0.286. The van der Waals surface area contributed by atoms with E-state index in [4.69, 9.17) is 27.9 Å². The number of hydrogen-bond donors (Lipinski definition) is 1. The summed E-state index contributed by atoms with van der Waals surface area (Å²) >= 11 is 12.6. The predicted molar refractivity (Wildman–Crippen MR) is 116 cm³/mol. The molecule has 0 atom stereocenters. The van der Waals surface area contributed by atoms with Gasteiger partial charge in [-0.3, -0.25) is 4.79 Å². The molecule has 8 heteroatoms. The standard InChI is InChI=1S/C21H22Cl2N4O2/c1-11(2)29-19-10-18(15(22)9-16(19)23)27-14(5)24-20(26-27)21(28)25-17-7-6-12(3)8-13(17)4/h6-11H,1-5H3,(H,25,28). The van der Waals surface area contributed by atoms with Crippen molar-refractivity contribution in [2.24, 2.45) is 0 Å². The molecular formula is C21H22Cl2N4O2. The number of benzene rings is 2. The van der Waals surface area contributed by atoms with E-state index >= 15 is 0 Å². The second kappa shape index (κ2) is 8.43. The number of nitrogens with one attached hydrogen (secondary N) is 1. The van der Waals surface area contributed by atoms with Gasteiger partial charge in [-0.25, -0.2) is 9.67 Å². The summed E-state index contributed by atoms with van der Waals surface area (Å²) in [6, 6.07) is 9.07. The minimum Gasteiger partial charge on any atom is -0.489 e. The maximum absolute atomic E-state index is 12.7. The lowest BCUT2D eigenvalue weighted by atomic mass is 10.1. The number of aromatic nitrogens is 3. The first-order valence-corrected chi connectivity index (χ1v) is 9.89. The van der Waals surface area contributed by atoms with E-state index in [0.29, 0.717) is 33.0 Å². The summed E-state index contributed by atoms with van der Waals surface area (Å²) in [5.41, 5.74) is 3.33. The molecular weight excluding hydrogens is 411 g/mol. The van der Waals surface area contributed by atoms with Gasteiger partial charge in [0.15, 0.2) is 0 Å². The van der Waals surface area contributed by atoms with E-state index in [9.17, 15) is 4.79 Å².